The van der Waals surface area contributed by atoms with Crippen LogP contribution < -0.4 is 16.0 Å². The molecule has 0 saturated carbocycles. The Bertz CT molecular complexity index is 352. The van der Waals surface area contributed by atoms with Gasteiger partial charge in [0.25, 0.3) is 0 Å². The number of nitrogens with one attached hydrogen (secondary N) is 4. The molecule has 100 valence electrons. The fourth-order valence-electron chi connectivity index (χ4n) is 1.95. The van der Waals surface area contributed by atoms with Gasteiger partial charge in [0.05, 0.1) is 6.04 Å². The van der Waals surface area contributed by atoms with Crippen molar-refractivity contribution in [3.05, 3.63) is 24.9 Å². The maximum atomic E-state index is 11.3. The molecule has 0 spiro atoms. The molecule has 1 saturated heterocycles. The molecule has 0 aromatic heterocycles. The van der Waals surface area contributed by atoms with Crippen LogP contribution >= 0.6 is 0 Å². The number of nitrogens with zero attached hydrogens (tertiary/aromatic N) is 1. The molecule has 0 aromatic rings. The Hall–Kier alpha value is -1.82. The minimum absolute atomic E-state index is 0.0103. The summed E-state index contributed by atoms with van der Waals surface area (Å²) in [4.78, 5) is 13.2. The molecule has 0 unspecified atom stereocenters. The van der Waals surface area contributed by atoms with Crippen LogP contribution in [0.4, 0.5) is 0 Å². The summed E-state index contributed by atoms with van der Waals surface area (Å²) in [7, 11) is 3.64. The van der Waals surface area contributed by atoms with Crippen LogP contribution in [0.25, 0.3) is 0 Å². The number of carbonyl (C=O) groups excluding carboxylic acids is 1. The van der Waals surface area contributed by atoms with Crippen molar-refractivity contribution in [2.24, 2.45) is 0 Å². The van der Waals surface area contributed by atoms with Crippen LogP contribution in [-0.2, 0) is 4.79 Å². The Morgan fingerprint density at radius 2 is 2.06 bits per heavy atom. The van der Waals surface area contributed by atoms with E-state index < -0.39 is 0 Å². The summed E-state index contributed by atoms with van der Waals surface area (Å²) in [6.07, 6.45) is 4.68. The maximum Gasteiger partial charge on any atom is 0.243 e. The fraction of sp³-hybridized carbons (Fsp3) is 0.500. The Morgan fingerprint density at radius 1 is 1.39 bits per heavy atom. The molecule has 2 atom stereocenters. The molecule has 0 aromatic carbocycles. The lowest BCUT2D eigenvalue weighted by molar-refractivity contribution is -0.117. The summed E-state index contributed by atoms with van der Waals surface area (Å²) >= 11 is 0. The molecule has 0 aliphatic carbocycles. The second-order valence-electron chi connectivity index (χ2n) is 4.13. The van der Waals surface area contributed by atoms with E-state index in [2.05, 4.69) is 22.5 Å². The predicted molar refractivity (Wildman–Crippen MR) is 72.5 cm³/mol. The van der Waals surface area contributed by atoms with Gasteiger partial charge in [0, 0.05) is 26.2 Å². The standard InChI is InChI=1S/C12H21N5O/c1-4-12(18)16-10-8-17(7-9(10)15-3)11(13)5-6-14-2/h4-6,9-10,13-15H,1,7-8H2,2-3H3,(H,16,18)/b6-5-,13-11?/t9-,10+/m1/s1. The van der Waals surface area contributed by atoms with Crippen molar-refractivity contribution in [1.29, 1.82) is 5.41 Å². The monoisotopic (exact) mass is 251 g/mol. The van der Waals surface area contributed by atoms with Crippen LogP contribution in [0.1, 0.15) is 0 Å². The van der Waals surface area contributed by atoms with E-state index >= 15 is 0 Å². The second-order valence-corrected chi connectivity index (χ2v) is 4.13. The first-order chi connectivity index (χ1) is 8.62. The average Bonchev–Trinajstić information content (AvgIpc) is 2.78. The largest absolute Gasteiger partial charge is 0.394 e. The first-order valence-corrected chi connectivity index (χ1v) is 5.89. The van der Waals surface area contributed by atoms with Crippen molar-refractivity contribution >= 4 is 11.7 Å². The Balaban J connectivity index is 2.61. The van der Waals surface area contributed by atoms with Gasteiger partial charge in [-0.15, -0.1) is 0 Å². The van der Waals surface area contributed by atoms with Crippen LogP contribution in [0, 0.1) is 5.41 Å². The molecule has 6 heteroatoms. The number of amides is 1. The molecule has 1 fully saturated rings. The molecule has 18 heavy (non-hydrogen) atoms. The highest BCUT2D eigenvalue weighted by atomic mass is 16.1. The minimum Gasteiger partial charge on any atom is -0.394 e. The summed E-state index contributed by atoms with van der Waals surface area (Å²) < 4.78 is 0. The van der Waals surface area contributed by atoms with Gasteiger partial charge in [-0.3, -0.25) is 10.2 Å². The van der Waals surface area contributed by atoms with Crippen molar-refractivity contribution in [2.45, 2.75) is 12.1 Å². The van der Waals surface area contributed by atoms with E-state index in [1.165, 1.54) is 6.08 Å². The van der Waals surface area contributed by atoms with E-state index in [-0.39, 0.29) is 18.0 Å². The van der Waals surface area contributed by atoms with E-state index in [9.17, 15) is 4.79 Å². The average molecular weight is 251 g/mol. The van der Waals surface area contributed by atoms with Gasteiger partial charge in [-0.1, -0.05) is 6.58 Å². The van der Waals surface area contributed by atoms with Crippen molar-refractivity contribution in [2.75, 3.05) is 27.2 Å². The second kappa shape index (κ2) is 6.80. The molecule has 1 aliphatic rings. The molecule has 0 bridgehead atoms. The molecule has 6 nitrogen and oxygen atoms in total. The molecule has 1 aliphatic heterocycles. The minimum atomic E-state index is -0.181. The Morgan fingerprint density at radius 3 is 2.61 bits per heavy atom. The zero-order chi connectivity index (χ0) is 13.5. The van der Waals surface area contributed by atoms with Crippen LogP contribution in [-0.4, -0.2) is 55.9 Å². The lowest BCUT2D eigenvalue weighted by Gasteiger charge is -2.17. The lowest BCUT2D eigenvalue weighted by Crippen LogP contribution is -2.47. The van der Waals surface area contributed by atoms with E-state index in [0.29, 0.717) is 18.9 Å². The van der Waals surface area contributed by atoms with Gasteiger partial charge in [0.1, 0.15) is 5.84 Å². The SMILES string of the molecule is C=CC(=O)N[C@H]1CN(C(=N)/C=C\NC)C[C@H]1NC. The normalized spacial score (nSPS) is 23.1. The number of hydrogen-bond acceptors (Lipinski definition) is 4. The summed E-state index contributed by atoms with van der Waals surface area (Å²) in [5.74, 6) is 0.249. The van der Waals surface area contributed by atoms with E-state index in [1.807, 2.05) is 11.9 Å². The van der Waals surface area contributed by atoms with Gasteiger partial charge < -0.3 is 20.9 Å². The summed E-state index contributed by atoms with van der Waals surface area (Å²) in [5.41, 5.74) is 0. The van der Waals surface area contributed by atoms with Gasteiger partial charge in [0.2, 0.25) is 5.91 Å². The van der Waals surface area contributed by atoms with Gasteiger partial charge in [-0.05, 0) is 25.4 Å². The summed E-state index contributed by atoms with van der Waals surface area (Å²) in [6.45, 7) is 4.76. The highest BCUT2D eigenvalue weighted by Crippen LogP contribution is 2.11. The van der Waals surface area contributed by atoms with Crippen LogP contribution in [0.15, 0.2) is 24.9 Å². The topological polar surface area (TPSA) is 80.2 Å². The number of amidine groups is 1. The van der Waals surface area contributed by atoms with E-state index in [0.717, 1.165) is 0 Å². The van der Waals surface area contributed by atoms with Gasteiger partial charge >= 0.3 is 0 Å². The van der Waals surface area contributed by atoms with Crippen molar-refractivity contribution in [3.8, 4) is 0 Å². The Kier molecular flexibility index (Phi) is 5.38. The maximum absolute atomic E-state index is 11.3. The van der Waals surface area contributed by atoms with Crippen molar-refractivity contribution in [1.82, 2.24) is 20.9 Å². The quantitative estimate of drug-likeness (QED) is 0.295. The zero-order valence-corrected chi connectivity index (χ0v) is 10.9. The van der Waals surface area contributed by atoms with Crippen LogP contribution in [0.5, 0.6) is 0 Å². The van der Waals surface area contributed by atoms with Crippen LogP contribution in [0.3, 0.4) is 0 Å². The number of hydrogen-bond donors (Lipinski definition) is 4. The Labute approximate surface area is 108 Å². The van der Waals surface area contributed by atoms with Crippen molar-refractivity contribution in [3.63, 3.8) is 0 Å². The van der Waals surface area contributed by atoms with Crippen molar-refractivity contribution < 1.29 is 4.79 Å². The molecular weight excluding hydrogens is 230 g/mol. The molecule has 1 amide bonds. The lowest BCUT2D eigenvalue weighted by atomic mass is 10.2. The number of likely N-dealkylation sites (N-methyl/N-ethyl adjacent to an activating group) is 1. The first kappa shape index (κ1) is 14.2. The highest BCUT2D eigenvalue weighted by molar-refractivity contribution is 5.91. The third-order valence-electron chi connectivity index (χ3n) is 2.95. The number of carbonyl (C=O) groups is 1. The molecule has 1 heterocycles. The van der Waals surface area contributed by atoms with Crippen LogP contribution in [0.2, 0.25) is 0 Å². The molecular formula is C12H21N5O. The predicted octanol–water partition coefficient (Wildman–Crippen LogP) is -0.729. The smallest absolute Gasteiger partial charge is 0.243 e. The number of likely N-dealkylation sites (tertiary alicyclic amines) is 1. The van der Waals surface area contributed by atoms with E-state index in [4.69, 9.17) is 5.41 Å². The molecule has 0 radical (unpaired) electrons. The number of rotatable bonds is 5. The molecule has 4 N–H and O–H groups in total. The summed E-state index contributed by atoms with van der Waals surface area (Å²) in [5, 5.41) is 16.8. The molecule has 1 rings (SSSR count). The zero-order valence-electron chi connectivity index (χ0n) is 10.9. The van der Waals surface area contributed by atoms with E-state index in [1.54, 1.807) is 19.3 Å². The fourth-order valence-corrected chi connectivity index (χ4v) is 1.95. The summed E-state index contributed by atoms with van der Waals surface area (Å²) in [6, 6.07) is 0.126. The van der Waals surface area contributed by atoms with Gasteiger partial charge in [-0.25, -0.2) is 0 Å². The first-order valence-electron chi connectivity index (χ1n) is 5.89. The third-order valence-corrected chi connectivity index (χ3v) is 2.95. The van der Waals surface area contributed by atoms with Gasteiger partial charge in [0.15, 0.2) is 0 Å². The van der Waals surface area contributed by atoms with Gasteiger partial charge in [-0.2, -0.15) is 0 Å². The highest BCUT2D eigenvalue weighted by Gasteiger charge is 2.32. The third kappa shape index (κ3) is 3.59.